The third kappa shape index (κ3) is 5.24. The highest BCUT2D eigenvalue weighted by Crippen LogP contribution is 2.18. The summed E-state index contributed by atoms with van der Waals surface area (Å²) in [6.07, 6.45) is 1.24. The molecule has 0 saturated carbocycles. The lowest BCUT2D eigenvalue weighted by Crippen LogP contribution is -2.36. The number of hydrogen-bond acceptors (Lipinski definition) is 6. The molecular formula is C26H29N5O2S. The van der Waals surface area contributed by atoms with Crippen LogP contribution in [-0.2, 0) is 13.0 Å². The minimum absolute atomic E-state index is 0.0337. The van der Waals surface area contributed by atoms with Crippen molar-refractivity contribution in [2.75, 3.05) is 19.6 Å². The van der Waals surface area contributed by atoms with E-state index < -0.39 is 0 Å². The molecule has 176 valence electrons. The summed E-state index contributed by atoms with van der Waals surface area (Å²) in [7, 11) is 0. The van der Waals surface area contributed by atoms with Crippen LogP contribution in [0.2, 0.25) is 0 Å². The van der Waals surface area contributed by atoms with E-state index in [-0.39, 0.29) is 11.5 Å². The summed E-state index contributed by atoms with van der Waals surface area (Å²) in [5.74, 6) is 0.675. The Kier molecular flexibility index (Phi) is 7.49. The molecule has 0 aliphatic carbocycles. The van der Waals surface area contributed by atoms with Crippen LogP contribution in [0.5, 0.6) is 0 Å². The van der Waals surface area contributed by atoms with Crippen molar-refractivity contribution in [3.8, 4) is 0 Å². The maximum atomic E-state index is 13.4. The Morgan fingerprint density at radius 1 is 1.06 bits per heavy atom. The zero-order chi connectivity index (χ0) is 24.1. The normalized spacial score (nSPS) is 11.1. The Morgan fingerprint density at radius 2 is 1.79 bits per heavy atom. The lowest BCUT2D eigenvalue weighted by Gasteiger charge is -2.22. The van der Waals surface area contributed by atoms with Gasteiger partial charge in [0.1, 0.15) is 5.82 Å². The summed E-state index contributed by atoms with van der Waals surface area (Å²) in [4.78, 5) is 33.6. The summed E-state index contributed by atoms with van der Waals surface area (Å²) in [6, 6.07) is 17.5. The predicted molar refractivity (Wildman–Crippen MR) is 136 cm³/mol. The molecule has 0 radical (unpaired) electrons. The number of carbonyl (C=O) groups excluding carboxylic acids is 1. The number of hydrogen-bond donors (Lipinski definition) is 1. The average Bonchev–Trinajstić information content (AvgIpc) is 3.22. The summed E-state index contributed by atoms with van der Waals surface area (Å²) < 4.78 is 6.08. The van der Waals surface area contributed by atoms with E-state index in [1.807, 2.05) is 68.4 Å². The van der Waals surface area contributed by atoms with Crippen LogP contribution in [0.25, 0.3) is 10.2 Å². The van der Waals surface area contributed by atoms with Gasteiger partial charge in [-0.05, 0) is 49.5 Å². The molecule has 0 aliphatic rings. The van der Waals surface area contributed by atoms with Gasteiger partial charge in [-0.3, -0.25) is 14.2 Å². The van der Waals surface area contributed by atoms with E-state index in [2.05, 4.69) is 4.37 Å². The minimum Gasteiger partial charge on any atom is -0.337 e. The summed E-state index contributed by atoms with van der Waals surface area (Å²) in [5.41, 5.74) is 9.23. The van der Waals surface area contributed by atoms with Gasteiger partial charge in [0.25, 0.3) is 11.5 Å². The molecule has 7 nitrogen and oxygen atoms in total. The number of carbonyl (C=O) groups is 1. The number of amides is 1. The Morgan fingerprint density at radius 3 is 2.50 bits per heavy atom. The van der Waals surface area contributed by atoms with E-state index in [0.717, 1.165) is 11.1 Å². The Labute approximate surface area is 203 Å². The fourth-order valence-electron chi connectivity index (χ4n) is 4.01. The fraction of sp³-hybridized carbons (Fsp3) is 0.308. The molecule has 2 heterocycles. The number of nitrogens with two attached hydrogens (primary N) is 1. The maximum absolute atomic E-state index is 13.4. The van der Waals surface area contributed by atoms with Gasteiger partial charge in [-0.25, -0.2) is 4.98 Å². The van der Waals surface area contributed by atoms with Gasteiger partial charge in [-0.1, -0.05) is 48.0 Å². The van der Waals surface area contributed by atoms with Crippen LogP contribution in [0.15, 0.2) is 59.4 Å². The Bertz CT molecular complexity index is 1330. The quantitative estimate of drug-likeness (QED) is 0.400. The van der Waals surface area contributed by atoms with E-state index in [9.17, 15) is 9.59 Å². The van der Waals surface area contributed by atoms with Crippen molar-refractivity contribution >= 4 is 27.7 Å². The number of aromatic nitrogens is 3. The molecule has 2 aromatic heterocycles. The lowest BCUT2D eigenvalue weighted by atomic mass is 10.1. The molecule has 0 fully saturated rings. The van der Waals surface area contributed by atoms with E-state index in [1.165, 1.54) is 11.5 Å². The van der Waals surface area contributed by atoms with Gasteiger partial charge in [0, 0.05) is 31.6 Å². The molecule has 8 heteroatoms. The van der Waals surface area contributed by atoms with Gasteiger partial charge >= 0.3 is 0 Å². The van der Waals surface area contributed by atoms with Gasteiger partial charge in [-0.15, -0.1) is 0 Å². The molecule has 34 heavy (non-hydrogen) atoms. The van der Waals surface area contributed by atoms with Crippen molar-refractivity contribution in [1.82, 2.24) is 18.8 Å². The van der Waals surface area contributed by atoms with Crippen LogP contribution in [0, 0.1) is 13.8 Å². The highest BCUT2D eigenvalue weighted by molar-refractivity contribution is 7.12. The molecule has 1 amide bonds. The van der Waals surface area contributed by atoms with Crippen LogP contribution < -0.4 is 11.3 Å². The molecule has 4 aromatic rings. The topological polar surface area (TPSA) is 94.1 Å². The number of aryl methyl sites for hydroxylation is 3. The molecule has 0 aliphatic heterocycles. The maximum Gasteiger partial charge on any atom is 0.264 e. The minimum atomic E-state index is -0.0651. The first-order chi connectivity index (χ1) is 16.5. The zero-order valence-corrected chi connectivity index (χ0v) is 20.3. The van der Waals surface area contributed by atoms with Crippen LogP contribution >= 0.6 is 11.5 Å². The third-order valence-corrected chi connectivity index (χ3v) is 6.68. The van der Waals surface area contributed by atoms with Crippen molar-refractivity contribution in [2.24, 2.45) is 5.73 Å². The first kappa shape index (κ1) is 23.8. The molecule has 0 bridgehead atoms. The molecule has 4 rings (SSSR count). The first-order valence-electron chi connectivity index (χ1n) is 11.4. The molecular weight excluding hydrogens is 446 g/mol. The van der Waals surface area contributed by atoms with Crippen LogP contribution in [0.1, 0.15) is 39.4 Å². The Balaban J connectivity index is 1.56. The van der Waals surface area contributed by atoms with E-state index in [1.54, 1.807) is 9.47 Å². The van der Waals surface area contributed by atoms with Crippen molar-refractivity contribution in [3.05, 3.63) is 93.2 Å². The molecule has 0 spiro atoms. The predicted octanol–water partition coefficient (Wildman–Crippen LogP) is 3.55. The van der Waals surface area contributed by atoms with Gasteiger partial charge in [0.2, 0.25) is 0 Å². The van der Waals surface area contributed by atoms with Crippen molar-refractivity contribution in [2.45, 2.75) is 33.2 Å². The lowest BCUT2D eigenvalue weighted by molar-refractivity contribution is 0.0758. The number of fused-ring (bicyclic) bond motifs is 1. The third-order valence-electron chi connectivity index (χ3n) is 5.84. The van der Waals surface area contributed by atoms with Gasteiger partial charge < -0.3 is 10.6 Å². The first-order valence-corrected chi connectivity index (χ1v) is 12.2. The fourth-order valence-corrected chi connectivity index (χ4v) is 4.79. The van der Waals surface area contributed by atoms with Crippen LogP contribution in [0.4, 0.5) is 0 Å². The van der Waals surface area contributed by atoms with E-state index >= 15 is 0 Å². The van der Waals surface area contributed by atoms with Crippen molar-refractivity contribution in [3.63, 3.8) is 0 Å². The summed E-state index contributed by atoms with van der Waals surface area (Å²) in [5, 5.41) is 0.587. The zero-order valence-electron chi connectivity index (χ0n) is 19.5. The summed E-state index contributed by atoms with van der Waals surface area (Å²) >= 11 is 1.25. The van der Waals surface area contributed by atoms with Crippen molar-refractivity contribution < 1.29 is 4.79 Å². The van der Waals surface area contributed by atoms with Gasteiger partial charge in [-0.2, -0.15) is 4.37 Å². The molecule has 2 aromatic carbocycles. The summed E-state index contributed by atoms with van der Waals surface area (Å²) in [6.45, 7) is 5.68. The highest BCUT2D eigenvalue weighted by Gasteiger charge is 2.18. The second-order valence-electron chi connectivity index (χ2n) is 8.40. The number of rotatable bonds is 9. The smallest absolute Gasteiger partial charge is 0.264 e. The molecule has 0 saturated heterocycles. The second kappa shape index (κ2) is 10.7. The monoisotopic (exact) mass is 475 g/mol. The highest BCUT2D eigenvalue weighted by atomic mass is 32.1. The number of nitrogens with zero attached hydrogens (tertiary/aromatic N) is 4. The second-order valence-corrected chi connectivity index (χ2v) is 9.16. The standard InChI is InChI=1S/C26H29N5O2S/c1-18-10-12-21(13-11-18)25(32)30(16-14-27)15-6-9-22-28-24-23(19(2)29-34-24)26(33)31(22)17-20-7-4-3-5-8-20/h3-5,7-8,10-13H,6,9,14-17,27H2,1-2H3. The van der Waals surface area contributed by atoms with Crippen LogP contribution in [-0.4, -0.2) is 44.4 Å². The number of benzene rings is 2. The van der Waals surface area contributed by atoms with Crippen LogP contribution in [0.3, 0.4) is 0 Å². The molecule has 0 atom stereocenters. The van der Waals surface area contributed by atoms with Gasteiger partial charge in [0.15, 0.2) is 4.83 Å². The van der Waals surface area contributed by atoms with Crippen molar-refractivity contribution in [1.29, 1.82) is 0 Å². The van der Waals surface area contributed by atoms with Gasteiger partial charge in [0.05, 0.1) is 17.6 Å². The largest absolute Gasteiger partial charge is 0.337 e. The average molecular weight is 476 g/mol. The molecule has 2 N–H and O–H groups in total. The van der Waals surface area contributed by atoms with E-state index in [4.69, 9.17) is 10.7 Å². The SMILES string of the molecule is Cc1ccc(C(=O)N(CCN)CCCc2nc3snc(C)c3c(=O)n2Cc2ccccc2)cc1. The Hall–Kier alpha value is -3.36. The molecule has 0 unspecified atom stereocenters. The van der Waals surface area contributed by atoms with E-state index in [0.29, 0.717) is 66.3 Å².